The summed E-state index contributed by atoms with van der Waals surface area (Å²) in [6.07, 6.45) is 2.70. The van der Waals surface area contributed by atoms with Gasteiger partial charge in [-0.2, -0.15) is 0 Å². The molecule has 0 aromatic heterocycles. The van der Waals surface area contributed by atoms with Crippen LogP contribution in [0.3, 0.4) is 0 Å². The Morgan fingerprint density at radius 1 is 1.67 bits per heavy atom. The SMILES string of the molecule is C=C1CC(Cl)=CCC1=O. The topological polar surface area (TPSA) is 17.1 Å². The van der Waals surface area contributed by atoms with Gasteiger partial charge in [0.1, 0.15) is 0 Å². The molecule has 1 nitrogen and oxygen atoms in total. The van der Waals surface area contributed by atoms with Crippen LogP contribution >= 0.6 is 11.6 Å². The Morgan fingerprint density at radius 3 is 2.78 bits per heavy atom. The third kappa shape index (κ3) is 1.42. The summed E-state index contributed by atoms with van der Waals surface area (Å²) in [5.74, 6) is 0.111. The summed E-state index contributed by atoms with van der Waals surface area (Å²) >= 11 is 5.62. The van der Waals surface area contributed by atoms with Gasteiger partial charge in [0, 0.05) is 17.9 Å². The minimum atomic E-state index is 0.111. The van der Waals surface area contributed by atoms with Crippen LogP contribution in [0.1, 0.15) is 12.8 Å². The number of Topliss-reactive ketones (excluding diaryl/α,β-unsaturated/α-hetero) is 1. The molecule has 48 valence electrons. The molecule has 0 heterocycles. The molecule has 2 heteroatoms. The van der Waals surface area contributed by atoms with Gasteiger partial charge >= 0.3 is 0 Å². The quantitative estimate of drug-likeness (QED) is 0.473. The predicted molar refractivity (Wildman–Crippen MR) is 37.3 cm³/mol. The summed E-state index contributed by atoms with van der Waals surface area (Å²) in [4.78, 5) is 10.7. The monoisotopic (exact) mass is 142 g/mol. The minimum absolute atomic E-state index is 0.111. The lowest BCUT2D eigenvalue weighted by Gasteiger charge is -2.07. The Bertz CT molecular complexity index is 191. The lowest BCUT2D eigenvalue weighted by molar-refractivity contribution is -0.115. The highest BCUT2D eigenvalue weighted by molar-refractivity contribution is 6.30. The lowest BCUT2D eigenvalue weighted by Crippen LogP contribution is -2.04. The maximum atomic E-state index is 10.7. The maximum absolute atomic E-state index is 10.7. The van der Waals surface area contributed by atoms with Crippen LogP contribution in [0.4, 0.5) is 0 Å². The van der Waals surface area contributed by atoms with Crippen molar-refractivity contribution < 1.29 is 4.79 Å². The van der Waals surface area contributed by atoms with E-state index < -0.39 is 0 Å². The summed E-state index contributed by atoms with van der Waals surface area (Å²) in [5, 5.41) is 0.736. The van der Waals surface area contributed by atoms with Crippen molar-refractivity contribution in [3.05, 3.63) is 23.3 Å². The molecule has 0 radical (unpaired) electrons. The van der Waals surface area contributed by atoms with Gasteiger partial charge in [0.2, 0.25) is 0 Å². The molecule has 0 fully saturated rings. The average molecular weight is 143 g/mol. The molecule has 0 amide bonds. The van der Waals surface area contributed by atoms with Crippen molar-refractivity contribution in [3.63, 3.8) is 0 Å². The summed E-state index contributed by atoms with van der Waals surface area (Å²) in [7, 11) is 0. The van der Waals surface area contributed by atoms with Crippen LogP contribution in [0.25, 0.3) is 0 Å². The van der Waals surface area contributed by atoms with Gasteiger partial charge in [0.05, 0.1) is 0 Å². The van der Waals surface area contributed by atoms with Crippen LogP contribution in [0.15, 0.2) is 23.3 Å². The second-order valence-electron chi connectivity index (χ2n) is 2.06. The minimum Gasteiger partial charge on any atom is -0.294 e. The van der Waals surface area contributed by atoms with Crippen molar-refractivity contribution in [1.82, 2.24) is 0 Å². The maximum Gasteiger partial charge on any atom is 0.162 e. The Hall–Kier alpha value is -0.560. The molecule has 0 N–H and O–H groups in total. The third-order valence-corrected chi connectivity index (χ3v) is 1.57. The average Bonchev–Trinajstić information content (AvgIpc) is 1.80. The van der Waals surface area contributed by atoms with Gasteiger partial charge in [-0.3, -0.25) is 4.79 Å². The number of carbonyl (C=O) groups is 1. The molecule has 9 heavy (non-hydrogen) atoms. The van der Waals surface area contributed by atoms with Gasteiger partial charge in [-0.15, -0.1) is 0 Å². The van der Waals surface area contributed by atoms with Crippen molar-refractivity contribution >= 4 is 17.4 Å². The molecule has 1 aliphatic rings. The molecular formula is C7H7ClO. The highest BCUT2D eigenvalue weighted by atomic mass is 35.5. The zero-order valence-electron chi connectivity index (χ0n) is 4.98. The van der Waals surface area contributed by atoms with E-state index >= 15 is 0 Å². The van der Waals surface area contributed by atoms with Gasteiger partial charge < -0.3 is 0 Å². The summed E-state index contributed by atoms with van der Waals surface area (Å²) in [6, 6.07) is 0. The summed E-state index contributed by atoms with van der Waals surface area (Å²) in [5.41, 5.74) is 0.627. The fourth-order valence-corrected chi connectivity index (χ4v) is 0.961. The summed E-state index contributed by atoms with van der Waals surface area (Å²) < 4.78 is 0. The first kappa shape index (κ1) is 6.56. The molecule has 0 saturated carbocycles. The van der Waals surface area contributed by atoms with Crippen LogP contribution in [0.5, 0.6) is 0 Å². The fourth-order valence-electron chi connectivity index (χ4n) is 0.722. The van der Waals surface area contributed by atoms with Gasteiger partial charge in [-0.1, -0.05) is 24.3 Å². The van der Waals surface area contributed by atoms with Crippen LogP contribution in [0.2, 0.25) is 0 Å². The number of hydrogen-bond acceptors (Lipinski definition) is 1. The zero-order chi connectivity index (χ0) is 6.85. The molecule has 1 aliphatic carbocycles. The number of rotatable bonds is 0. The lowest BCUT2D eigenvalue weighted by atomic mass is 10.0. The number of carbonyl (C=O) groups excluding carboxylic acids is 1. The van der Waals surface area contributed by atoms with E-state index in [1.54, 1.807) is 6.08 Å². The van der Waals surface area contributed by atoms with Crippen molar-refractivity contribution in [1.29, 1.82) is 0 Å². The Kier molecular flexibility index (Phi) is 1.72. The Labute approximate surface area is 59.0 Å². The molecule has 0 saturated heterocycles. The van der Waals surface area contributed by atoms with E-state index in [1.807, 2.05) is 0 Å². The first-order valence-electron chi connectivity index (χ1n) is 2.75. The molecule has 0 unspecified atom stereocenters. The second-order valence-corrected chi connectivity index (χ2v) is 2.54. The van der Waals surface area contributed by atoms with E-state index in [9.17, 15) is 4.79 Å². The normalized spacial score (nSPS) is 19.9. The van der Waals surface area contributed by atoms with E-state index in [2.05, 4.69) is 6.58 Å². The highest BCUT2D eigenvalue weighted by Gasteiger charge is 2.11. The largest absolute Gasteiger partial charge is 0.294 e. The van der Waals surface area contributed by atoms with E-state index in [4.69, 9.17) is 11.6 Å². The highest BCUT2D eigenvalue weighted by Crippen LogP contribution is 2.21. The van der Waals surface area contributed by atoms with Crippen LogP contribution in [-0.4, -0.2) is 5.78 Å². The van der Waals surface area contributed by atoms with Gasteiger partial charge in [0.15, 0.2) is 5.78 Å². The zero-order valence-corrected chi connectivity index (χ0v) is 5.74. The third-order valence-electron chi connectivity index (χ3n) is 1.29. The second kappa shape index (κ2) is 2.36. The predicted octanol–water partition coefficient (Wildman–Crippen LogP) is 2.03. The van der Waals surface area contributed by atoms with Crippen LogP contribution in [0, 0.1) is 0 Å². The van der Waals surface area contributed by atoms with Crippen LogP contribution < -0.4 is 0 Å². The Balaban J connectivity index is 2.77. The van der Waals surface area contributed by atoms with Crippen LogP contribution in [-0.2, 0) is 4.79 Å². The van der Waals surface area contributed by atoms with E-state index in [-0.39, 0.29) is 5.78 Å². The molecule has 0 aromatic carbocycles. The summed E-state index contributed by atoms with van der Waals surface area (Å²) in [6.45, 7) is 3.57. The molecular weight excluding hydrogens is 136 g/mol. The molecule has 0 atom stereocenters. The number of halogens is 1. The van der Waals surface area contributed by atoms with Crippen molar-refractivity contribution in [2.75, 3.05) is 0 Å². The molecule has 0 aromatic rings. The molecule has 0 bridgehead atoms. The van der Waals surface area contributed by atoms with Crippen molar-refractivity contribution in [2.45, 2.75) is 12.8 Å². The molecule has 0 spiro atoms. The van der Waals surface area contributed by atoms with Crippen molar-refractivity contribution in [3.8, 4) is 0 Å². The van der Waals surface area contributed by atoms with E-state index in [0.29, 0.717) is 18.4 Å². The smallest absolute Gasteiger partial charge is 0.162 e. The van der Waals surface area contributed by atoms with E-state index in [1.165, 1.54) is 0 Å². The fraction of sp³-hybridized carbons (Fsp3) is 0.286. The van der Waals surface area contributed by atoms with Crippen molar-refractivity contribution in [2.24, 2.45) is 0 Å². The first-order chi connectivity index (χ1) is 4.20. The van der Waals surface area contributed by atoms with Gasteiger partial charge in [-0.05, 0) is 5.57 Å². The molecule has 0 aliphatic heterocycles. The number of allylic oxidation sites excluding steroid dienone is 3. The number of hydrogen-bond donors (Lipinski definition) is 0. The molecule has 1 rings (SSSR count). The first-order valence-corrected chi connectivity index (χ1v) is 3.13. The number of ketones is 1. The van der Waals surface area contributed by atoms with Gasteiger partial charge in [0.25, 0.3) is 0 Å². The Morgan fingerprint density at radius 2 is 2.33 bits per heavy atom. The van der Waals surface area contributed by atoms with Gasteiger partial charge in [-0.25, -0.2) is 0 Å². The standard InChI is InChI=1S/C7H7ClO/c1-5-4-6(8)2-3-7(5)9/h2H,1,3-4H2. The van der Waals surface area contributed by atoms with E-state index in [0.717, 1.165) is 5.03 Å².